The molecule has 0 atom stereocenters. The molecule has 2 rings (SSSR count). The Kier molecular flexibility index (Phi) is 2.38. The predicted molar refractivity (Wildman–Crippen MR) is 53.4 cm³/mol. The molecule has 1 aliphatic heterocycles. The fraction of sp³-hybridized carbons (Fsp3) is 0.222. The number of hydrogen-bond donors (Lipinski definition) is 1. The van der Waals surface area contributed by atoms with Crippen molar-refractivity contribution in [3.8, 4) is 0 Å². The zero-order valence-electron chi connectivity index (χ0n) is 6.87. The minimum atomic E-state index is 0. The smallest absolute Gasteiger partial charge is 0.104 e. The molecule has 0 radical (unpaired) electrons. The molecule has 0 aliphatic carbocycles. The molecule has 0 saturated carbocycles. The van der Waals surface area contributed by atoms with Crippen LogP contribution in [0.4, 0.5) is 5.69 Å². The van der Waals surface area contributed by atoms with Gasteiger partial charge in [0.25, 0.3) is 0 Å². The van der Waals surface area contributed by atoms with Crippen LogP contribution in [0.1, 0.15) is 11.1 Å². The van der Waals surface area contributed by atoms with Crippen molar-refractivity contribution in [3.63, 3.8) is 0 Å². The first-order valence-corrected chi connectivity index (χ1v) is 3.68. The van der Waals surface area contributed by atoms with Crippen LogP contribution in [0.2, 0.25) is 0 Å². The van der Waals surface area contributed by atoms with Crippen molar-refractivity contribution in [2.75, 3.05) is 0 Å². The normalized spacial score (nSPS) is 13.2. The van der Waals surface area contributed by atoms with Crippen molar-refractivity contribution in [1.82, 2.24) is 0 Å². The van der Waals surface area contributed by atoms with E-state index in [0.29, 0.717) is 0 Å². The number of amidine groups is 1. The van der Waals surface area contributed by atoms with E-state index in [0.717, 1.165) is 17.9 Å². The van der Waals surface area contributed by atoms with Crippen LogP contribution >= 0.6 is 12.4 Å². The van der Waals surface area contributed by atoms with Gasteiger partial charge in [-0.25, -0.2) is 4.99 Å². The molecule has 0 aromatic heterocycles. The molecule has 0 fully saturated rings. The van der Waals surface area contributed by atoms with Gasteiger partial charge in [-0.15, -0.1) is 12.4 Å². The van der Waals surface area contributed by atoms with Crippen LogP contribution in [-0.2, 0) is 6.42 Å². The lowest BCUT2D eigenvalue weighted by molar-refractivity contribution is 1.33. The maximum Gasteiger partial charge on any atom is 0.104 e. The zero-order chi connectivity index (χ0) is 7.84. The predicted octanol–water partition coefficient (Wildman–Crippen LogP) is 1.96. The highest BCUT2D eigenvalue weighted by Crippen LogP contribution is 2.25. The SMILES string of the molecule is Cc1ccc2c(c1)CC(N)=N2.Cl. The number of aliphatic imine (C=N–C) groups is 1. The molecule has 0 amide bonds. The first-order valence-electron chi connectivity index (χ1n) is 3.68. The second-order valence-corrected chi connectivity index (χ2v) is 2.91. The van der Waals surface area contributed by atoms with E-state index in [-0.39, 0.29) is 12.4 Å². The Morgan fingerprint density at radius 3 is 2.92 bits per heavy atom. The summed E-state index contributed by atoms with van der Waals surface area (Å²) in [5, 5.41) is 0. The van der Waals surface area contributed by atoms with Gasteiger partial charge in [0.2, 0.25) is 0 Å². The number of nitrogens with two attached hydrogens (primary N) is 1. The van der Waals surface area contributed by atoms with Crippen molar-refractivity contribution in [3.05, 3.63) is 29.3 Å². The second-order valence-electron chi connectivity index (χ2n) is 2.91. The number of nitrogens with zero attached hydrogens (tertiary/aromatic N) is 1. The van der Waals surface area contributed by atoms with E-state index < -0.39 is 0 Å². The molecule has 0 saturated heterocycles. The quantitative estimate of drug-likeness (QED) is 0.655. The van der Waals surface area contributed by atoms with E-state index in [1.54, 1.807) is 0 Å². The number of rotatable bonds is 0. The van der Waals surface area contributed by atoms with Gasteiger partial charge in [-0.05, 0) is 18.6 Å². The molecule has 1 aliphatic rings. The minimum absolute atomic E-state index is 0. The first-order chi connectivity index (χ1) is 5.25. The number of fused-ring (bicyclic) bond motifs is 1. The monoisotopic (exact) mass is 182 g/mol. The van der Waals surface area contributed by atoms with Crippen molar-refractivity contribution in [2.24, 2.45) is 10.7 Å². The average Bonchev–Trinajstić information content (AvgIpc) is 2.27. The maximum absolute atomic E-state index is 5.59. The summed E-state index contributed by atoms with van der Waals surface area (Å²) in [6, 6.07) is 6.21. The summed E-state index contributed by atoms with van der Waals surface area (Å²) in [5.41, 5.74) is 9.14. The molecule has 3 heteroatoms. The van der Waals surface area contributed by atoms with Gasteiger partial charge < -0.3 is 5.73 Å². The molecule has 1 heterocycles. The molecular weight excluding hydrogens is 172 g/mol. The number of hydrogen-bond acceptors (Lipinski definition) is 2. The lowest BCUT2D eigenvalue weighted by Gasteiger charge is -1.96. The van der Waals surface area contributed by atoms with Crippen molar-refractivity contribution >= 4 is 23.9 Å². The fourth-order valence-corrected chi connectivity index (χ4v) is 1.35. The van der Waals surface area contributed by atoms with E-state index in [4.69, 9.17) is 5.73 Å². The van der Waals surface area contributed by atoms with Crippen LogP contribution in [0.3, 0.4) is 0 Å². The van der Waals surface area contributed by atoms with Gasteiger partial charge >= 0.3 is 0 Å². The summed E-state index contributed by atoms with van der Waals surface area (Å²) in [6.45, 7) is 2.08. The number of benzene rings is 1. The third-order valence-corrected chi connectivity index (χ3v) is 1.87. The van der Waals surface area contributed by atoms with Crippen LogP contribution in [0.25, 0.3) is 0 Å². The molecule has 1 aromatic rings. The summed E-state index contributed by atoms with van der Waals surface area (Å²) in [7, 11) is 0. The Morgan fingerprint density at radius 1 is 1.42 bits per heavy atom. The molecule has 0 unspecified atom stereocenters. The zero-order valence-corrected chi connectivity index (χ0v) is 7.69. The van der Waals surface area contributed by atoms with Crippen molar-refractivity contribution < 1.29 is 0 Å². The molecule has 12 heavy (non-hydrogen) atoms. The summed E-state index contributed by atoms with van der Waals surface area (Å²) in [4.78, 5) is 4.19. The summed E-state index contributed by atoms with van der Waals surface area (Å²) in [6.07, 6.45) is 0.816. The van der Waals surface area contributed by atoms with Crippen LogP contribution in [0, 0.1) is 6.92 Å². The van der Waals surface area contributed by atoms with Gasteiger partial charge in [0.15, 0.2) is 0 Å². The summed E-state index contributed by atoms with van der Waals surface area (Å²) < 4.78 is 0. The summed E-state index contributed by atoms with van der Waals surface area (Å²) in [5.74, 6) is 0.727. The van der Waals surface area contributed by atoms with E-state index in [2.05, 4.69) is 24.0 Å². The lowest BCUT2D eigenvalue weighted by atomic mass is 10.1. The van der Waals surface area contributed by atoms with Crippen LogP contribution in [0.5, 0.6) is 0 Å². The van der Waals surface area contributed by atoms with Gasteiger partial charge in [0.1, 0.15) is 5.84 Å². The molecule has 0 spiro atoms. The highest BCUT2D eigenvalue weighted by atomic mass is 35.5. The van der Waals surface area contributed by atoms with Crippen LogP contribution in [0.15, 0.2) is 23.2 Å². The Bertz CT molecular complexity index is 331. The minimum Gasteiger partial charge on any atom is -0.387 e. The third-order valence-electron chi connectivity index (χ3n) is 1.87. The largest absolute Gasteiger partial charge is 0.387 e. The average molecular weight is 183 g/mol. The molecule has 2 N–H and O–H groups in total. The van der Waals surface area contributed by atoms with Gasteiger partial charge in [-0.2, -0.15) is 0 Å². The topological polar surface area (TPSA) is 38.4 Å². The number of aryl methyl sites for hydroxylation is 1. The maximum atomic E-state index is 5.59. The van der Waals surface area contributed by atoms with Gasteiger partial charge in [0, 0.05) is 6.42 Å². The second kappa shape index (κ2) is 3.15. The Morgan fingerprint density at radius 2 is 2.17 bits per heavy atom. The fourth-order valence-electron chi connectivity index (χ4n) is 1.35. The van der Waals surface area contributed by atoms with E-state index >= 15 is 0 Å². The van der Waals surface area contributed by atoms with E-state index in [1.165, 1.54) is 11.1 Å². The third kappa shape index (κ3) is 1.43. The van der Waals surface area contributed by atoms with Crippen molar-refractivity contribution in [2.45, 2.75) is 13.3 Å². The van der Waals surface area contributed by atoms with Crippen LogP contribution in [-0.4, -0.2) is 5.84 Å². The Labute approximate surface area is 77.9 Å². The highest BCUT2D eigenvalue weighted by Gasteiger charge is 2.10. The molecular formula is C9H11ClN2. The lowest BCUT2D eigenvalue weighted by Crippen LogP contribution is -2.09. The molecule has 0 bridgehead atoms. The van der Waals surface area contributed by atoms with Gasteiger partial charge in [0.05, 0.1) is 5.69 Å². The highest BCUT2D eigenvalue weighted by molar-refractivity contribution is 5.90. The molecule has 2 nitrogen and oxygen atoms in total. The van der Waals surface area contributed by atoms with E-state index in [1.807, 2.05) is 6.07 Å². The number of halogens is 1. The molecule has 1 aromatic carbocycles. The van der Waals surface area contributed by atoms with Crippen LogP contribution < -0.4 is 5.73 Å². The van der Waals surface area contributed by atoms with Crippen molar-refractivity contribution in [1.29, 1.82) is 0 Å². The van der Waals surface area contributed by atoms with E-state index in [9.17, 15) is 0 Å². The van der Waals surface area contributed by atoms with Gasteiger partial charge in [-0.3, -0.25) is 0 Å². The molecule has 64 valence electrons. The Hall–Kier alpha value is -1.02. The first kappa shape index (κ1) is 9.07. The Balaban J connectivity index is 0.000000720. The summed E-state index contributed by atoms with van der Waals surface area (Å²) >= 11 is 0. The van der Waals surface area contributed by atoms with Gasteiger partial charge in [-0.1, -0.05) is 17.7 Å². The standard InChI is InChI=1S/C9H10N2.ClH/c1-6-2-3-8-7(4-6)5-9(10)11-8;/h2-4H,5H2,1H3,(H2,10,11);1H.